The van der Waals surface area contributed by atoms with Crippen molar-refractivity contribution < 1.29 is 0 Å². The minimum atomic E-state index is 0.310. The summed E-state index contributed by atoms with van der Waals surface area (Å²) in [6, 6.07) is 0. The first-order valence-electron chi connectivity index (χ1n) is 5.52. The molecule has 14 heavy (non-hydrogen) atoms. The molecule has 0 unspecified atom stereocenters. The van der Waals surface area contributed by atoms with E-state index in [4.69, 9.17) is 0 Å². The fourth-order valence-electron chi connectivity index (χ4n) is 2.17. The highest BCUT2D eigenvalue weighted by molar-refractivity contribution is 5.66. The first-order chi connectivity index (χ1) is 6.68. The van der Waals surface area contributed by atoms with Crippen molar-refractivity contribution in [1.82, 2.24) is 5.01 Å². The lowest BCUT2D eigenvalue weighted by Crippen LogP contribution is -2.26. The smallest absolute Gasteiger partial charge is 0.0309 e. The second-order valence-electron chi connectivity index (χ2n) is 4.51. The van der Waals surface area contributed by atoms with Gasteiger partial charge in [0.15, 0.2) is 0 Å². The summed E-state index contributed by atoms with van der Waals surface area (Å²) < 4.78 is 0. The zero-order chi connectivity index (χ0) is 10.4. The quantitative estimate of drug-likeness (QED) is 0.381. The number of nitrogens with zero attached hydrogens (tertiary/aromatic N) is 2. The van der Waals surface area contributed by atoms with E-state index in [0.717, 1.165) is 6.42 Å². The second-order valence-corrected chi connectivity index (χ2v) is 4.51. The lowest BCUT2D eigenvalue weighted by atomic mass is 9.73. The summed E-state index contributed by atoms with van der Waals surface area (Å²) in [5.41, 5.74) is 0.310. The molecule has 1 saturated carbocycles. The molecule has 0 saturated heterocycles. The van der Waals surface area contributed by atoms with Gasteiger partial charge in [0, 0.05) is 25.7 Å². The first kappa shape index (κ1) is 11.3. The monoisotopic (exact) mass is 194 g/mol. The fourth-order valence-corrected chi connectivity index (χ4v) is 2.17. The highest BCUT2D eigenvalue weighted by Gasteiger charge is 2.28. The molecule has 1 aliphatic carbocycles. The van der Waals surface area contributed by atoms with Crippen molar-refractivity contribution in [3.63, 3.8) is 0 Å². The second kappa shape index (κ2) is 5.18. The number of hydrogen-bond donors (Lipinski definition) is 0. The van der Waals surface area contributed by atoms with Crippen LogP contribution >= 0.6 is 0 Å². The Morgan fingerprint density at radius 2 is 1.93 bits per heavy atom. The average Bonchev–Trinajstić information content (AvgIpc) is 2.17. The van der Waals surface area contributed by atoms with Gasteiger partial charge in [-0.25, -0.2) is 0 Å². The van der Waals surface area contributed by atoms with E-state index in [1.54, 1.807) is 0 Å². The third kappa shape index (κ3) is 3.17. The molecule has 0 aromatic carbocycles. The molecule has 0 heterocycles. The number of hydrazone groups is 1. The Morgan fingerprint density at radius 1 is 1.29 bits per heavy atom. The van der Waals surface area contributed by atoms with E-state index in [-0.39, 0.29) is 0 Å². The highest BCUT2D eigenvalue weighted by atomic mass is 15.4. The Bertz CT molecular complexity index is 200. The summed E-state index contributed by atoms with van der Waals surface area (Å²) in [6.45, 7) is 3.85. The van der Waals surface area contributed by atoms with Crippen LogP contribution in [0.4, 0.5) is 0 Å². The molecule has 0 aliphatic heterocycles. The summed E-state index contributed by atoms with van der Waals surface area (Å²) in [7, 11) is 3.95. The lowest BCUT2D eigenvalue weighted by molar-refractivity contribution is 0.288. The Morgan fingerprint density at radius 3 is 2.43 bits per heavy atom. The van der Waals surface area contributed by atoms with Crippen LogP contribution in [0.3, 0.4) is 0 Å². The fraction of sp³-hybridized carbons (Fsp3) is 0.750. The van der Waals surface area contributed by atoms with E-state index in [1.807, 2.05) is 25.2 Å². The number of hydrogen-bond acceptors (Lipinski definition) is 2. The maximum absolute atomic E-state index is 4.40. The van der Waals surface area contributed by atoms with Gasteiger partial charge in [-0.3, -0.25) is 0 Å². The minimum Gasteiger partial charge on any atom is -0.303 e. The van der Waals surface area contributed by atoms with Crippen molar-refractivity contribution in [2.45, 2.75) is 38.5 Å². The van der Waals surface area contributed by atoms with E-state index in [2.05, 4.69) is 17.9 Å². The van der Waals surface area contributed by atoms with Gasteiger partial charge in [-0.15, -0.1) is 6.58 Å². The molecule has 0 N–H and O–H groups in total. The van der Waals surface area contributed by atoms with Gasteiger partial charge in [0.25, 0.3) is 0 Å². The van der Waals surface area contributed by atoms with E-state index >= 15 is 0 Å². The molecule has 0 bridgehead atoms. The van der Waals surface area contributed by atoms with Crippen molar-refractivity contribution in [2.24, 2.45) is 10.5 Å². The summed E-state index contributed by atoms with van der Waals surface area (Å²) in [4.78, 5) is 0. The lowest BCUT2D eigenvalue weighted by Gasteiger charge is -2.33. The molecule has 2 nitrogen and oxygen atoms in total. The largest absolute Gasteiger partial charge is 0.303 e. The summed E-state index contributed by atoms with van der Waals surface area (Å²) >= 11 is 0. The predicted octanol–water partition coefficient (Wildman–Crippen LogP) is 3.06. The molecule has 0 amide bonds. The SMILES string of the molecule is C=CCC1(/C=N/N(C)C)CCCCC1. The van der Waals surface area contributed by atoms with Gasteiger partial charge in [-0.05, 0) is 19.3 Å². The highest BCUT2D eigenvalue weighted by Crippen LogP contribution is 2.37. The first-order valence-corrected chi connectivity index (χ1v) is 5.52. The van der Waals surface area contributed by atoms with Crippen molar-refractivity contribution in [3.8, 4) is 0 Å². The molecule has 1 aliphatic rings. The molecule has 2 heteroatoms. The number of allylic oxidation sites excluding steroid dienone is 1. The third-order valence-electron chi connectivity index (χ3n) is 2.96. The summed E-state index contributed by atoms with van der Waals surface area (Å²) in [6.07, 6.45) is 11.9. The van der Waals surface area contributed by atoms with Gasteiger partial charge in [-0.1, -0.05) is 25.3 Å². The third-order valence-corrected chi connectivity index (χ3v) is 2.96. The van der Waals surface area contributed by atoms with Crippen molar-refractivity contribution >= 4 is 6.21 Å². The molecular formula is C12H22N2. The zero-order valence-electron chi connectivity index (χ0n) is 9.50. The van der Waals surface area contributed by atoms with Gasteiger partial charge >= 0.3 is 0 Å². The van der Waals surface area contributed by atoms with Crippen LogP contribution in [0.25, 0.3) is 0 Å². The maximum atomic E-state index is 4.40. The van der Waals surface area contributed by atoms with Gasteiger partial charge in [0.05, 0.1) is 0 Å². The Hall–Kier alpha value is -0.790. The number of rotatable bonds is 4. The Kier molecular flexibility index (Phi) is 4.18. The van der Waals surface area contributed by atoms with Crippen LogP contribution in [-0.4, -0.2) is 25.3 Å². The molecule has 0 radical (unpaired) electrons. The van der Waals surface area contributed by atoms with Crippen LogP contribution in [0.2, 0.25) is 0 Å². The van der Waals surface area contributed by atoms with Crippen LogP contribution in [0.15, 0.2) is 17.8 Å². The van der Waals surface area contributed by atoms with Crippen molar-refractivity contribution in [1.29, 1.82) is 0 Å². The van der Waals surface area contributed by atoms with Gasteiger partial charge in [-0.2, -0.15) is 5.10 Å². The minimum absolute atomic E-state index is 0.310. The summed E-state index contributed by atoms with van der Waals surface area (Å²) in [5.74, 6) is 0. The molecular weight excluding hydrogens is 172 g/mol. The Labute approximate surface area is 87.7 Å². The van der Waals surface area contributed by atoms with E-state index in [0.29, 0.717) is 5.41 Å². The van der Waals surface area contributed by atoms with Crippen molar-refractivity contribution in [3.05, 3.63) is 12.7 Å². The molecule has 0 atom stereocenters. The molecule has 0 aromatic rings. The Balaban J connectivity index is 2.64. The summed E-state index contributed by atoms with van der Waals surface area (Å²) in [5, 5.41) is 6.27. The van der Waals surface area contributed by atoms with E-state index < -0.39 is 0 Å². The molecule has 0 aromatic heterocycles. The predicted molar refractivity (Wildman–Crippen MR) is 62.5 cm³/mol. The molecule has 1 rings (SSSR count). The zero-order valence-corrected chi connectivity index (χ0v) is 9.50. The normalized spacial score (nSPS) is 21.0. The molecule has 80 valence electrons. The average molecular weight is 194 g/mol. The van der Waals surface area contributed by atoms with Crippen LogP contribution in [0, 0.1) is 5.41 Å². The van der Waals surface area contributed by atoms with Crippen LogP contribution in [0.1, 0.15) is 38.5 Å². The van der Waals surface area contributed by atoms with Gasteiger partial charge in [0.1, 0.15) is 0 Å². The van der Waals surface area contributed by atoms with E-state index in [9.17, 15) is 0 Å². The van der Waals surface area contributed by atoms with Gasteiger partial charge < -0.3 is 5.01 Å². The van der Waals surface area contributed by atoms with Crippen LogP contribution in [-0.2, 0) is 0 Å². The van der Waals surface area contributed by atoms with Gasteiger partial charge in [0.2, 0.25) is 0 Å². The topological polar surface area (TPSA) is 15.6 Å². The standard InChI is InChI=1S/C12H22N2/c1-4-8-12(11-13-14(2)3)9-6-5-7-10-12/h4,11H,1,5-10H2,2-3H3/b13-11+. The maximum Gasteiger partial charge on any atom is 0.0309 e. The molecule has 0 spiro atoms. The van der Waals surface area contributed by atoms with Crippen molar-refractivity contribution in [2.75, 3.05) is 14.1 Å². The van der Waals surface area contributed by atoms with Crippen LogP contribution < -0.4 is 0 Å². The molecule has 1 fully saturated rings. The van der Waals surface area contributed by atoms with Crippen LogP contribution in [0.5, 0.6) is 0 Å². The van der Waals surface area contributed by atoms with E-state index in [1.165, 1.54) is 32.1 Å².